The van der Waals surface area contributed by atoms with E-state index in [-0.39, 0.29) is 148 Å². The van der Waals surface area contributed by atoms with Crippen LogP contribution in [0.15, 0.2) is 195 Å². The first-order valence-electron chi connectivity index (χ1n) is 47.4. The van der Waals surface area contributed by atoms with Crippen molar-refractivity contribution in [2.24, 2.45) is 10.8 Å². The zero-order chi connectivity index (χ0) is 99.5. The van der Waals surface area contributed by atoms with E-state index in [4.69, 9.17) is 35.8 Å². The maximum Gasteiger partial charge on any atom is 0.234 e. The number of carbonyl (C=O) groups excluding carboxylic acids is 8. The Labute approximate surface area is 803 Å². The van der Waals surface area contributed by atoms with Crippen molar-refractivity contribution >= 4 is 46.8 Å². The van der Waals surface area contributed by atoms with Gasteiger partial charge in [-0.1, -0.05) is 201 Å². The first-order valence-corrected chi connectivity index (χ1v) is 47.4. The van der Waals surface area contributed by atoms with Crippen LogP contribution in [0.2, 0.25) is 0 Å². The standard InChI is InChI=1S/C28H35N3O5.C27H33N3O5.C26H31N3O5.C25H29N3O5/c1-16(19-7-9-20(10-8-19)26-18(3)29-15-35-26)11-23(33)22-13-21(32)14-31(22)27(34)25(28(4,5)6)24-12-17(2)30-36-24;1-16(18-6-8-19(9-7-18)24-13-28-15-34-24)10-22(32)21-12-20(31)14-30(21)26(33)25(27(3,4)5)23-11-17(2)29-35-23;1-5-21(24-11-16(3)28-34-24)26(32)29-13-20(30)12-22(29)23(31)10-15(2)18-6-8-19(9-7-18)25-17(4)27-14-33-25;1-4-20(23-10-16(3)27-33-23)25(31)28-13-19(29)11-21(28)22(30)9-15(2)17-5-7-18(8-6-17)24-12-26-14-32-24/h7-10,12,15-16,21-22,25,32H,11,13-14H2,1-6H3;6-9,11,13,15-16,20-21,25,31H,10,12,14H2,1-5H3;6-9,11,14-15,20-22,30H,5,10,12-13H2,1-4H3;5-8,10,12,14-15,19-21,29H,4,9,11,13H2,1-3H3/t16-,21-,22+,25-;16-,20-,21+,25-;15-,20-,21-,22+;15-,19-,20-,21+/m1111/s1. The fraction of sp³-hybridized carbons (Fsp3) is 0.472. The van der Waals surface area contributed by atoms with E-state index in [1.807, 2.05) is 208 Å². The number of nitrogens with zero attached hydrogens (tertiary/aromatic N) is 12. The fourth-order valence-electron chi connectivity index (χ4n) is 19.1. The lowest BCUT2D eigenvalue weighted by Crippen LogP contribution is -2.46. The van der Waals surface area contributed by atoms with Crippen LogP contribution in [0, 0.1) is 52.4 Å². The fourth-order valence-corrected chi connectivity index (χ4v) is 19.1. The van der Waals surface area contributed by atoms with Crippen LogP contribution in [0.5, 0.6) is 0 Å². The molecule has 4 aliphatic heterocycles. The molecule has 732 valence electrons. The minimum absolute atomic E-state index is 0.0325. The van der Waals surface area contributed by atoms with Crippen LogP contribution >= 0.6 is 0 Å². The summed E-state index contributed by atoms with van der Waals surface area (Å²) in [7, 11) is 0. The molecule has 12 aromatic rings. The van der Waals surface area contributed by atoms with Gasteiger partial charge in [-0.05, 0) is 111 Å². The second-order valence-electron chi connectivity index (χ2n) is 39.6. The smallest absolute Gasteiger partial charge is 0.234 e. The van der Waals surface area contributed by atoms with Gasteiger partial charge in [0.1, 0.15) is 34.9 Å². The highest BCUT2D eigenvalue weighted by molar-refractivity contribution is 5.96. The molecule has 0 bridgehead atoms. The Hall–Kier alpha value is -13.0. The van der Waals surface area contributed by atoms with Gasteiger partial charge in [-0.25, -0.2) is 19.9 Å². The number of benzene rings is 4. The SMILES string of the molecule is CC[C@@H](C(=O)N1C[C@H](O)C[C@H]1C(=O)C[C@@H](C)c1ccc(-c2cnco2)cc1)c1cc(C)no1.CC[C@@H](C(=O)N1C[C@H](O)C[C@H]1C(=O)C[C@@H](C)c1ccc(-c2ocnc2C)cc1)c1cc(C)no1.Cc1cc([C@H](C(=O)N2C[C@H](O)C[C@H]2C(=O)C[C@@H](C)c2ccc(-c3cnco3)cc2)C(C)(C)C)on1.Cc1cc([C@H](C(=O)N2C[C@H](O)C[C@H]2C(=O)C[C@@H](C)c2ccc(-c3ocnc3C)cc2)C(C)(C)C)on1. The molecule has 4 N–H and O–H groups in total. The zero-order valence-electron chi connectivity index (χ0n) is 81.8. The Balaban J connectivity index is 0.000000155. The number of rotatable bonds is 30. The maximum atomic E-state index is 13.8. The normalized spacial score (nSPS) is 20.0. The molecule has 4 fully saturated rings. The van der Waals surface area contributed by atoms with Gasteiger partial charge in [-0.3, -0.25) is 38.4 Å². The highest BCUT2D eigenvalue weighted by Gasteiger charge is 2.50. The lowest BCUT2D eigenvalue weighted by molar-refractivity contribution is -0.141. The van der Waals surface area contributed by atoms with Crippen molar-refractivity contribution in [3.8, 4) is 45.3 Å². The lowest BCUT2D eigenvalue weighted by atomic mass is 9.78. The quantitative estimate of drug-likeness (QED) is 0.0325. The molecule has 12 heterocycles. The number of aliphatic hydroxyl groups excluding tert-OH is 4. The summed E-state index contributed by atoms with van der Waals surface area (Å²) < 4.78 is 43.2. The van der Waals surface area contributed by atoms with E-state index in [1.54, 1.807) is 60.3 Å². The van der Waals surface area contributed by atoms with Crippen LogP contribution in [-0.2, 0) is 38.4 Å². The molecule has 4 aromatic carbocycles. The summed E-state index contributed by atoms with van der Waals surface area (Å²) in [6, 6.07) is 35.9. The third kappa shape index (κ3) is 24.5. The van der Waals surface area contributed by atoms with Crippen LogP contribution in [0.4, 0.5) is 0 Å². The molecule has 32 nitrogen and oxygen atoms in total. The van der Waals surface area contributed by atoms with Gasteiger partial charge in [-0.15, -0.1) is 0 Å². The van der Waals surface area contributed by atoms with Crippen LogP contribution in [-0.4, -0.2) is 202 Å². The van der Waals surface area contributed by atoms with Gasteiger partial charge >= 0.3 is 0 Å². The minimum Gasteiger partial charge on any atom is -0.444 e. The first-order chi connectivity index (χ1) is 65.6. The largest absolute Gasteiger partial charge is 0.444 e. The number of hydrogen-bond acceptors (Lipinski definition) is 28. The highest BCUT2D eigenvalue weighted by atomic mass is 16.5. The molecule has 0 spiro atoms. The van der Waals surface area contributed by atoms with Gasteiger partial charge < -0.3 is 75.8 Å². The number of Topliss-reactive ketones (excluding diaryl/α,β-unsaturated/α-hetero) is 4. The number of hydrogen-bond donors (Lipinski definition) is 4. The van der Waals surface area contributed by atoms with Crippen molar-refractivity contribution in [3.63, 3.8) is 0 Å². The predicted molar refractivity (Wildman–Crippen MR) is 509 cm³/mol. The summed E-state index contributed by atoms with van der Waals surface area (Å²) in [5.41, 5.74) is 11.3. The highest BCUT2D eigenvalue weighted by Crippen LogP contribution is 2.44. The summed E-state index contributed by atoms with van der Waals surface area (Å²) >= 11 is 0. The average molecular weight is 1890 g/mol. The van der Waals surface area contributed by atoms with E-state index in [2.05, 4.69) is 40.6 Å². The van der Waals surface area contributed by atoms with Crippen molar-refractivity contribution in [1.29, 1.82) is 0 Å². The molecule has 0 radical (unpaired) electrons. The Kier molecular flexibility index (Phi) is 33.1. The summed E-state index contributed by atoms with van der Waals surface area (Å²) in [6.07, 6.45) is 9.18. The van der Waals surface area contributed by atoms with Crippen LogP contribution in [0.1, 0.15) is 274 Å². The molecule has 16 rings (SSSR count). The molecule has 0 unspecified atom stereocenters. The summed E-state index contributed by atoms with van der Waals surface area (Å²) in [5, 5.41) is 57.1. The molecule has 4 saturated heterocycles. The van der Waals surface area contributed by atoms with E-state index >= 15 is 0 Å². The molecule has 32 heteroatoms. The molecule has 8 aromatic heterocycles. The van der Waals surface area contributed by atoms with Crippen LogP contribution in [0.25, 0.3) is 45.3 Å². The van der Waals surface area contributed by atoms with Crippen molar-refractivity contribution in [1.82, 2.24) is 60.2 Å². The van der Waals surface area contributed by atoms with E-state index in [0.717, 1.165) is 67.4 Å². The van der Waals surface area contributed by atoms with Gasteiger partial charge in [-0.2, -0.15) is 0 Å². The number of likely N-dealkylation sites (tertiary alicyclic amines) is 4. The summed E-state index contributed by atoms with van der Waals surface area (Å²) in [6.45, 7) is 35.1. The predicted octanol–water partition coefficient (Wildman–Crippen LogP) is 17.3. The number of amides is 4. The molecule has 0 aliphatic carbocycles. The third-order valence-electron chi connectivity index (χ3n) is 26.6. The van der Waals surface area contributed by atoms with Gasteiger partial charge in [0.15, 0.2) is 71.7 Å². The monoisotopic (exact) mass is 1890 g/mol. The van der Waals surface area contributed by atoms with E-state index in [9.17, 15) is 58.8 Å². The van der Waals surface area contributed by atoms with Crippen molar-refractivity contribution in [2.75, 3.05) is 26.2 Å². The zero-order valence-corrected chi connectivity index (χ0v) is 81.8. The molecule has 0 saturated carbocycles. The number of aliphatic hydroxyl groups is 4. The number of aromatic nitrogens is 8. The number of carbonyl (C=O) groups is 8. The number of ketones is 4. The number of oxazole rings is 4. The topological polar surface area (TPSA) is 439 Å². The molecule has 4 aliphatic rings. The summed E-state index contributed by atoms with van der Waals surface area (Å²) in [5.74, 6) is 1.34. The van der Waals surface area contributed by atoms with Crippen LogP contribution < -0.4 is 0 Å². The maximum absolute atomic E-state index is 13.8. The van der Waals surface area contributed by atoms with E-state index in [1.165, 1.54) is 35.4 Å². The van der Waals surface area contributed by atoms with Crippen LogP contribution in [0.3, 0.4) is 0 Å². The molecular weight excluding hydrogens is 1760 g/mol. The number of aryl methyl sites for hydroxylation is 6. The van der Waals surface area contributed by atoms with Gasteiger partial charge in [0.2, 0.25) is 23.6 Å². The van der Waals surface area contributed by atoms with Crippen molar-refractivity contribution < 1.29 is 94.5 Å². The Morgan fingerprint density at radius 3 is 0.826 bits per heavy atom. The van der Waals surface area contributed by atoms with Crippen molar-refractivity contribution in [2.45, 2.75) is 285 Å². The second kappa shape index (κ2) is 44.6. The summed E-state index contributed by atoms with van der Waals surface area (Å²) in [4.78, 5) is 130. The molecule has 16 atom stereocenters. The van der Waals surface area contributed by atoms with Gasteiger partial charge in [0.05, 0.1) is 107 Å². The van der Waals surface area contributed by atoms with E-state index < -0.39 is 83.1 Å². The first kappa shape index (κ1) is 102. The lowest BCUT2D eigenvalue weighted by Gasteiger charge is -2.33. The minimum atomic E-state index is -0.736. The molecule has 4 amide bonds. The number of β-amino-alcohol motifs (C(OH)–C–C–N with tert-alkyl or cyclic N) is 4. The molecular formula is C106H128N12O20. The Morgan fingerprint density at radius 1 is 0.355 bits per heavy atom. The van der Waals surface area contributed by atoms with E-state index in [0.29, 0.717) is 70.2 Å². The molecule has 138 heavy (non-hydrogen) atoms. The third-order valence-corrected chi connectivity index (χ3v) is 26.6. The second-order valence-corrected chi connectivity index (χ2v) is 39.6. The Morgan fingerprint density at radius 2 is 0.609 bits per heavy atom. The van der Waals surface area contributed by atoms with Gasteiger partial charge in [0, 0.05) is 124 Å². The van der Waals surface area contributed by atoms with Gasteiger partial charge in [0.25, 0.3) is 0 Å². The van der Waals surface area contributed by atoms with Crippen molar-refractivity contribution in [3.05, 3.63) is 239 Å². The average Bonchev–Trinajstić information content (AvgIpc) is 1.78. The Bertz CT molecular complexity index is 6090.